The second-order valence-corrected chi connectivity index (χ2v) is 8.92. The zero-order chi connectivity index (χ0) is 20.0. The van der Waals surface area contributed by atoms with Crippen LogP contribution < -0.4 is 10.2 Å². The minimum atomic E-state index is -0.694. The Hall–Kier alpha value is -1.79. The Morgan fingerprint density at radius 2 is 2.00 bits per heavy atom. The Kier molecular flexibility index (Phi) is 7.18. The van der Waals surface area contributed by atoms with E-state index in [2.05, 4.69) is 44.9 Å². The Morgan fingerprint density at radius 1 is 1.29 bits per heavy atom. The van der Waals surface area contributed by atoms with E-state index >= 15 is 0 Å². The summed E-state index contributed by atoms with van der Waals surface area (Å²) in [6, 6.07) is 2.34. The Balaban J connectivity index is 1.65. The van der Waals surface area contributed by atoms with Crippen LogP contribution in [0.2, 0.25) is 0 Å². The number of anilines is 1. The fourth-order valence-electron chi connectivity index (χ4n) is 3.76. The predicted octanol–water partition coefficient (Wildman–Crippen LogP) is 2.21. The molecule has 1 saturated heterocycles. The maximum Gasteiger partial charge on any atom is 0.231 e. The number of aromatic nitrogens is 3. The van der Waals surface area contributed by atoms with Crippen LogP contribution in [0.25, 0.3) is 0 Å². The number of carbonyl (C=O) groups is 1. The van der Waals surface area contributed by atoms with Crippen molar-refractivity contribution in [2.24, 2.45) is 5.92 Å². The van der Waals surface area contributed by atoms with Crippen molar-refractivity contribution in [2.75, 3.05) is 37.0 Å². The normalized spacial score (nSPS) is 19.4. The average molecular weight is 407 g/mol. The summed E-state index contributed by atoms with van der Waals surface area (Å²) in [6.07, 6.45) is 4.60. The van der Waals surface area contributed by atoms with Gasteiger partial charge in [-0.3, -0.25) is 9.36 Å². The number of nitrogens with zero attached hydrogens (tertiary/aromatic N) is 5. The van der Waals surface area contributed by atoms with Gasteiger partial charge >= 0.3 is 0 Å². The molecule has 1 N–H and O–H groups in total. The molecule has 8 nitrogen and oxygen atoms in total. The maximum atomic E-state index is 12.5. The highest BCUT2D eigenvalue weighted by Gasteiger charge is 2.33. The standard InChI is InChI=1S/C19H30N6O2S/c1-15(2)12-25-17(24-8-10-27-11-9-24)22-23-18(25)28-13-16(26)21-19(14-20)6-4-3-5-7-19/h15H,3-13H2,1-2H3,(H,21,26). The molecule has 1 aliphatic heterocycles. The molecular formula is C19H30N6O2S. The largest absolute Gasteiger partial charge is 0.378 e. The van der Waals surface area contributed by atoms with Gasteiger partial charge in [-0.25, -0.2) is 0 Å². The first-order chi connectivity index (χ1) is 13.5. The van der Waals surface area contributed by atoms with Crippen LogP contribution in [0.15, 0.2) is 5.16 Å². The van der Waals surface area contributed by atoms with Crippen molar-refractivity contribution in [3.63, 3.8) is 0 Å². The number of ether oxygens (including phenoxy) is 1. The molecule has 0 atom stereocenters. The Bertz CT molecular complexity index is 702. The molecule has 0 radical (unpaired) electrons. The van der Waals surface area contributed by atoms with Crippen LogP contribution in [0, 0.1) is 17.2 Å². The summed E-state index contributed by atoms with van der Waals surface area (Å²) in [5.74, 6) is 1.41. The molecule has 154 valence electrons. The summed E-state index contributed by atoms with van der Waals surface area (Å²) in [7, 11) is 0. The third kappa shape index (κ3) is 5.17. The van der Waals surface area contributed by atoms with Gasteiger partial charge in [-0.05, 0) is 18.8 Å². The Labute approximate surface area is 171 Å². The van der Waals surface area contributed by atoms with E-state index in [9.17, 15) is 10.1 Å². The van der Waals surface area contributed by atoms with Gasteiger partial charge in [-0.15, -0.1) is 10.2 Å². The molecular weight excluding hydrogens is 376 g/mol. The fraction of sp³-hybridized carbons (Fsp3) is 0.789. The summed E-state index contributed by atoms with van der Waals surface area (Å²) in [5.41, 5.74) is -0.694. The van der Waals surface area contributed by atoms with Gasteiger partial charge in [0, 0.05) is 19.6 Å². The molecule has 2 aliphatic rings. The van der Waals surface area contributed by atoms with Gasteiger partial charge < -0.3 is 15.0 Å². The highest BCUT2D eigenvalue weighted by molar-refractivity contribution is 7.99. The Morgan fingerprint density at radius 3 is 2.64 bits per heavy atom. The summed E-state index contributed by atoms with van der Waals surface area (Å²) >= 11 is 1.39. The molecule has 3 rings (SSSR count). The van der Waals surface area contributed by atoms with Crippen LogP contribution in [0.3, 0.4) is 0 Å². The quantitative estimate of drug-likeness (QED) is 0.694. The molecule has 0 bridgehead atoms. The molecule has 1 saturated carbocycles. The summed E-state index contributed by atoms with van der Waals surface area (Å²) in [5, 5.41) is 22.0. The molecule has 0 spiro atoms. The van der Waals surface area contributed by atoms with Crippen LogP contribution in [0.1, 0.15) is 46.0 Å². The van der Waals surface area contributed by atoms with Crippen LogP contribution in [-0.2, 0) is 16.1 Å². The molecule has 1 amide bonds. The average Bonchev–Trinajstić information content (AvgIpc) is 3.09. The predicted molar refractivity (Wildman–Crippen MR) is 108 cm³/mol. The number of hydrogen-bond donors (Lipinski definition) is 1. The van der Waals surface area contributed by atoms with Crippen LogP contribution >= 0.6 is 11.8 Å². The maximum absolute atomic E-state index is 12.5. The van der Waals surface area contributed by atoms with E-state index in [1.807, 2.05) is 0 Å². The molecule has 2 fully saturated rings. The smallest absolute Gasteiger partial charge is 0.231 e. The van der Waals surface area contributed by atoms with Crippen molar-refractivity contribution in [1.82, 2.24) is 20.1 Å². The third-order valence-electron chi connectivity index (χ3n) is 5.17. The van der Waals surface area contributed by atoms with Crippen molar-refractivity contribution < 1.29 is 9.53 Å². The minimum Gasteiger partial charge on any atom is -0.378 e. The van der Waals surface area contributed by atoms with Crippen LogP contribution in [0.4, 0.5) is 5.95 Å². The second-order valence-electron chi connectivity index (χ2n) is 7.98. The van der Waals surface area contributed by atoms with Crippen molar-refractivity contribution in [3.8, 4) is 6.07 Å². The number of thioether (sulfide) groups is 1. The van der Waals surface area contributed by atoms with E-state index in [-0.39, 0.29) is 11.7 Å². The van der Waals surface area contributed by atoms with Gasteiger partial charge in [-0.2, -0.15) is 5.26 Å². The molecule has 9 heteroatoms. The lowest BCUT2D eigenvalue weighted by molar-refractivity contribution is -0.120. The molecule has 0 unspecified atom stereocenters. The highest BCUT2D eigenvalue weighted by Crippen LogP contribution is 2.28. The van der Waals surface area contributed by atoms with E-state index in [0.717, 1.165) is 62.8 Å². The number of carbonyl (C=O) groups excluding carboxylic acids is 1. The number of morpholine rings is 1. The number of nitrogens with one attached hydrogen (secondary N) is 1. The monoisotopic (exact) mass is 406 g/mol. The minimum absolute atomic E-state index is 0.111. The highest BCUT2D eigenvalue weighted by atomic mass is 32.2. The lowest BCUT2D eigenvalue weighted by atomic mass is 9.83. The fourth-order valence-corrected chi connectivity index (χ4v) is 4.51. The molecule has 0 aromatic carbocycles. The van der Waals surface area contributed by atoms with E-state index in [4.69, 9.17) is 4.74 Å². The lowest BCUT2D eigenvalue weighted by Crippen LogP contribution is -2.49. The first-order valence-electron chi connectivity index (χ1n) is 10.1. The number of amides is 1. The molecule has 28 heavy (non-hydrogen) atoms. The molecule has 1 aromatic rings. The van der Waals surface area contributed by atoms with Gasteiger partial charge in [0.1, 0.15) is 5.54 Å². The van der Waals surface area contributed by atoms with Crippen LogP contribution in [0.5, 0.6) is 0 Å². The van der Waals surface area contributed by atoms with Crippen LogP contribution in [-0.4, -0.2) is 58.3 Å². The van der Waals surface area contributed by atoms with Crippen molar-refractivity contribution in [1.29, 1.82) is 5.26 Å². The van der Waals surface area contributed by atoms with Gasteiger partial charge in [0.2, 0.25) is 11.9 Å². The summed E-state index contributed by atoms with van der Waals surface area (Å²) < 4.78 is 7.54. The first kappa shape index (κ1) is 20.9. The zero-order valence-electron chi connectivity index (χ0n) is 16.8. The van der Waals surface area contributed by atoms with Crippen molar-refractivity contribution in [3.05, 3.63) is 0 Å². The lowest BCUT2D eigenvalue weighted by Gasteiger charge is -2.31. The van der Waals surface area contributed by atoms with E-state index in [1.165, 1.54) is 11.8 Å². The molecule has 1 aromatic heterocycles. The first-order valence-corrected chi connectivity index (χ1v) is 11.1. The van der Waals surface area contributed by atoms with Gasteiger partial charge in [-0.1, -0.05) is 44.9 Å². The summed E-state index contributed by atoms with van der Waals surface area (Å²) in [4.78, 5) is 14.7. The number of rotatable bonds is 7. The van der Waals surface area contributed by atoms with Gasteiger partial charge in [0.25, 0.3) is 0 Å². The third-order valence-corrected chi connectivity index (χ3v) is 6.14. The second kappa shape index (κ2) is 9.61. The van der Waals surface area contributed by atoms with Gasteiger partial charge in [0.15, 0.2) is 5.16 Å². The SMILES string of the molecule is CC(C)Cn1c(SCC(=O)NC2(C#N)CCCCC2)nnc1N1CCOCC1. The number of nitriles is 1. The number of hydrogen-bond acceptors (Lipinski definition) is 7. The van der Waals surface area contributed by atoms with E-state index < -0.39 is 5.54 Å². The van der Waals surface area contributed by atoms with Gasteiger partial charge in [0.05, 0.1) is 25.0 Å². The summed E-state index contributed by atoms with van der Waals surface area (Å²) in [6.45, 7) is 8.09. The van der Waals surface area contributed by atoms with Crippen molar-refractivity contribution in [2.45, 2.75) is 63.2 Å². The van der Waals surface area contributed by atoms with E-state index in [0.29, 0.717) is 19.1 Å². The van der Waals surface area contributed by atoms with E-state index in [1.54, 1.807) is 0 Å². The topological polar surface area (TPSA) is 96.1 Å². The molecule has 2 heterocycles. The van der Waals surface area contributed by atoms with Crippen molar-refractivity contribution >= 4 is 23.6 Å². The zero-order valence-corrected chi connectivity index (χ0v) is 17.6. The molecule has 1 aliphatic carbocycles.